The smallest absolute Gasteiger partial charge is 0.226 e. The number of pyridine rings is 1. The predicted octanol–water partition coefficient (Wildman–Crippen LogP) is 5.44. The van der Waals surface area contributed by atoms with Crippen LogP contribution in [0.4, 0.5) is 0 Å². The van der Waals surface area contributed by atoms with Gasteiger partial charge >= 0.3 is 0 Å². The van der Waals surface area contributed by atoms with Crippen LogP contribution < -0.4 is 4.74 Å². The minimum atomic E-state index is 0.0599. The summed E-state index contributed by atoms with van der Waals surface area (Å²) in [6.07, 6.45) is 9.65. The zero-order valence-corrected chi connectivity index (χ0v) is 18.0. The molecule has 5 heteroatoms. The number of rotatable bonds is 5. The Morgan fingerprint density at radius 1 is 1.17 bits per heavy atom. The zero-order chi connectivity index (χ0) is 20.4. The van der Waals surface area contributed by atoms with Gasteiger partial charge in [-0.1, -0.05) is 43.0 Å². The molecule has 0 bridgehead atoms. The van der Waals surface area contributed by atoms with Crippen molar-refractivity contribution in [1.29, 1.82) is 0 Å². The molecule has 1 amide bonds. The van der Waals surface area contributed by atoms with Gasteiger partial charge in [0, 0.05) is 41.4 Å². The first-order valence-corrected chi connectivity index (χ1v) is 11.0. The van der Waals surface area contributed by atoms with Crippen LogP contribution in [-0.4, -0.2) is 35.5 Å². The fourth-order valence-corrected chi connectivity index (χ4v) is 5.06. The average Bonchev–Trinajstić information content (AvgIpc) is 3.10. The normalized spacial score (nSPS) is 20.3. The molecule has 2 heterocycles. The SMILES string of the molecule is COc1cc(C)c(-c2ccc(CC3CCN(C4CCCCC4)C3=O)c(Cl)c2)cn1. The number of hydrogen-bond donors (Lipinski definition) is 0. The van der Waals surface area contributed by atoms with Crippen molar-refractivity contribution in [1.82, 2.24) is 9.88 Å². The largest absolute Gasteiger partial charge is 0.481 e. The van der Waals surface area contributed by atoms with Gasteiger partial charge in [0.25, 0.3) is 0 Å². The van der Waals surface area contributed by atoms with Crippen LogP contribution in [-0.2, 0) is 11.2 Å². The molecule has 1 saturated heterocycles. The van der Waals surface area contributed by atoms with Crippen LogP contribution in [0.15, 0.2) is 30.5 Å². The summed E-state index contributed by atoms with van der Waals surface area (Å²) in [5.74, 6) is 0.994. The van der Waals surface area contributed by atoms with E-state index in [2.05, 4.69) is 22.0 Å². The summed E-state index contributed by atoms with van der Waals surface area (Å²) in [5, 5.41) is 0.724. The molecule has 154 valence electrons. The average molecular weight is 413 g/mol. The molecule has 0 radical (unpaired) electrons. The predicted molar refractivity (Wildman–Crippen MR) is 116 cm³/mol. The molecular weight excluding hydrogens is 384 g/mol. The third-order valence-electron chi connectivity index (χ3n) is 6.49. The van der Waals surface area contributed by atoms with Gasteiger partial charge in [-0.15, -0.1) is 0 Å². The lowest BCUT2D eigenvalue weighted by atomic mass is 9.93. The van der Waals surface area contributed by atoms with Gasteiger partial charge in [0.1, 0.15) is 0 Å². The molecular formula is C24H29ClN2O2. The molecule has 0 N–H and O–H groups in total. The summed E-state index contributed by atoms with van der Waals surface area (Å²) in [6, 6.07) is 8.53. The Labute approximate surface area is 178 Å². The molecule has 1 aliphatic carbocycles. The highest BCUT2D eigenvalue weighted by Crippen LogP contribution is 2.33. The minimum Gasteiger partial charge on any atom is -0.481 e. The van der Waals surface area contributed by atoms with Crippen molar-refractivity contribution in [3.8, 4) is 17.0 Å². The lowest BCUT2D eigenvalue weighted by molar-refractivity contribution is -0.133. The van der Waals surface area contributed by atoms with Gasteiger partial charge < -0.3 is 9.64 Å². The minimum absolute atomic E-state index is 0.0599. The zero-order valence-electron chi connectivity index (χ0n) is 17.3. The third kappa shape index (κ3) is 4.28. The van der Waals surface area contributed by atoms with E-state index in [0.717, 1.165) is 46.7 Å². The second kappa shape index (κ2) is 8.74. The number of amides is 1. The maximum atomic E-state index is 13.0. The number of aromatic nitrogens is 1. The first kappa shape index (κ1) is 20.2. The first-order chi connectivity index (χ1) is 14.1. The van der Waals surface area contributed by atoms with Crippen LogP contribution >= 0.6 is 11.6 Å². The molecule has 2 fully saturated rings. The van der Waals surface area contributed by atoms with E-state index in [-0.39, 0.29) is 5.92 Å². The second-order valence-corrected chi connectivity index (χ2v) is 8.77. The van der Waals surface area contributed by atoms with Gasteiger partial charge in [0.05, 0.1) is 7.11 Å². The summed E-state index contributed by atoms with van der Waals surface area (Å²) in [7, 11) is 1.62. The highest BCUT2D eigenvalue weighted by molar-refractivity contribution is 6.31. The van der Waals surface area contributed by atoms with E-state index in [9.17, 15) is 4.79 Å². The fraction of sp³-hybridized carbons (Fsp3) is 0.500. The number of nitrogens with zero attached hydrogens (tertiary/aromatic N) is 2. The lowest BCUT2D eigenvalue weighted by Crippen LogP contribution is -2.39. The number of hydrogen-bond acceptors (Lipinski definition) is 3. The third-order valence-corrected chi connectivity index (χ3v) is 6.84. The molecule has 1 unspecified atom stereocenters. The monoisotopic (exact) mass is 412 g/mol. The molecule has 0 spiro atoms. The summed E-state index contributed by atoms with van der Waals surface area (Å²) < 4.78 is 5.19. The highest BCUT2D eigenvalue weighted by atomic mass is 35.5. The molecule has 4 nitrogen and oxygen atoms in total. The summed E-state index contributed by atoms with van der Waals surface area (Å²) >= 11 is 6.63. The van der Waals surface area contributed by atoms with Crippen LogP contribution in [0.2, 0.25) is 5.02 Å². The van der Waals surface area contributed by atoms with Crippen molar-refractivity contribution in [3.05, 3.63) is 46.6 Å². The first-order valence-electron chi connectivity index (χ1n) is 10.7. The fourth-order valence-electron chi connectivity index (χ4n) is 4.80. The molecule has 4 rings (SSSR count). The number of benzene rings is 1. The van der Waals surface area contributed by atoms with Gasteiger partial charge in [0.15, 0.2) is 0 Å². The Hall–Kier alpha value is -2.07. The summed E-state index contributed by atoms with van der Waals surface area (Å²) in [5.41, 5.74) is 4.22. The molecule has 1 aliphatic heterocycles. The molecule has 2 aromatic rings. The maximum Gasteiger partial charge on any atom is 0.226 e. The van der Waals surface area contributed by atoms with Crippen molar-refractivity contribution in [2.45, 2.75) is 57.9 Å². The second-order valence-electron chi connectivity index (χ2n) is 8.36. The number of carbonyl (C=O) groups is 1. The maximum absolute atomic E-state index is 13.0. The van der Waals surface area contributed by atoms with Gasteiger partial charge in [-0.2, -0.15) is 0 Å². The van der Waals surface area contributed by atoms with E-state index in [1.807, 2.05) is 25.3 Å². The number of likely N-dealkylation sites (tertiary alicyclic amines) is 1. The standard InChI is InChI=1S/C24H29ClN2O2/c1-16-12-23(29-2)26-15-21(16)17-8-9-18(22(25)14-17)13-19-10-11-27(24(19)28)20-6-4-3-5-7-20/h8-9,12,14-15,19-20H,3-7,10-11,13H2,1-2H3. The number of halogens is 1. The van der Waals surface area contributed by atoms with E-state index in [4.69, 9.17) is 16.3 Å². The highest BCUT2D eigenvalue weighted by Gasteiger charge is 2.36. The Kier molecular flexibility index (Phi) is 6.09. The molecule has 1 atom stereocenters. The van der Waals surface area contributed by atoms with E-state index in [1.165, 1.54) is 32.1 Å². The molecule has 1 saturated carbocycles. The van der Waals surface area contributed by atoms with Crippen LogP contribution in [0.3, 0.4) is 0 Å². The van der Waals surface area contributed by atoms with E-state index in [0.29, 0.717) is 17.8 Å². The number of methoxy groups -OCH3 is 1. The van der Waals surface area contributed by atoms with Crippen LogP contribution in [0, 0.1) is 12.8 Å². The Morgan fingerprint density at radius 3 is 2.66 bits per heavy atom. The Balaban J connectivity index is 1.47. The molecule has 29 heavy (non-hydrogen) atoms. The van der Waals surface area contributed by atoms with Gasteiger partial charge in [0.2, 0.25) is 11.8 Å². The van der Waals surface area contributed by atoms with E-state index < -0.39 is 0 Å². The molecule has 1 aromatic heterocycles. The van der Waals surface area contributed by atoms with Gasteiger partial charge in [-0.25, -0.2) is 4.98 Å². The molecule has 1 aromatic carbocycles. The number of carbonyl (C=O) groups excluding carboxylic acids is 1. The van der Waals surface area contributed by atoms with Crippen molar-refractivity contribution in [2.75, 3.05) is 13.7 Å². The Morgan fingerprint density at radius 2 is 1.97 bits per heavy atom. The van der Waals surface area contributed by atoms with E-state index in [1.54, 1.807) is 7.11 Å². The van der Waals surface area contributed by atoms with E-state index >= 15 is 0 Å². The lowest BCUT2D eigenvalue weighted by Gasteiger charge is -2.31. The summed E-state index contributed by atoms with van der Waals surface area (Å²) in [4.78, 5) is 19.4. The number of ether oxygens (including phenoxy) is 1. The molecule has 2 aliphatic rings. The van der Waals surface area contributed by atoms with Crippen molar-refractivity contribution in [2.24, 2.45) is 5.92 Å². The number of aryl methyl sites for hydroxylation is 1. The topological polar surface area (TPSA) is 42.4 Å². The van der Waals surface area contributed by atoms with Gasteiger partial charge in [-0.05, 0) is 55.4 Å². The van der Waals surface area contributed by atoms with Crippen LogP contribution in [0.25, 0.3) is 11.1 Å². The van der Waals surface area contributed by atoms with Crippen molar-refractivity contribution >= 4 is 17.5 Å². The Bertz CT molecular complexity index is 892. The quantitative estimate of drug-likeness (QED) is 0.656. The van der Waals surface area contributed by atoms with Crippen LogP contribution in [0.5, 0.6) is 5.88 Å². The van der Waals surface area contributed by atoms with Crippen molar-refractivity contribution in [3.63, 3.8) is 0 Å². The van der Waals surface area contributed by atoms with Crippen LogP contribution in [0.1, 0.15) is 49.7 Å². The summed E-state index contributed by atoms with van der Waals surface area (Å²) in [6.45, 7) is 2.94. The van der Waals surface area contributed by atoms with Gasteiger partial charge in [-0.3, -0.25) is 4.79 Å². The van der Waals surface area contributed by atoms with Crippen molar-refractivity contribution < 1.29 is 9.53 Å².